The van der Waals surface area contributed by atoms with Gasteiger partial charge in [-0.05, 0) is 45.0 Å². The van der Waals surface area contributed by atoms with Crippen LogP contribution in [-0.2, 0) is 7.05 Å². The predicted molar refractivity (Wildman–Crippen MR) is 111 cm³/mol. The van der Waals surface area contributed by atoms with Gasteiger partial charge in [-0.2, -0.15) is 4.98 Å². The summed E-state index contributed by atoms with van der Waals surface area (Å²) in [6.45, 7) is 9.38. The quantitative estimate of drug-likeness (QED) is 0.499. The van der Waals surface area contributed by atoms with Crippen LogP contribution >= 0.6 is 11.6 Å². The highest BCUT2D eigenvalue weighted by atomic mass is 35.5. The van der Waals surface area contributed by atoms with Crippen molar-refractivity contribution >= 4 is 28.5 Å². The van der Waals surface area contributed by atoms with Gasteiger partial charge in [0, 0.05) is 29.1 Å². The lowest BCUT2D eigenvalue weighted by Crippen LogP contribution is -2.40. The first-order chi connectivity index (χ1) is 13.3. The van der Waals surface area contributed by atoms with Gasteiger partial charge in [0.25, 0.3) is 5.56 Å². The van der Waals surface area contributed by atoms with E-state index in [2.05, 4.69) is 11.6 Å². The van der Waals surface area contributed by atoms with Gasteiger partial charge in [0.1, 0.15) is 0 Å². The van der Waals surface area contributed by atoms with E-state index in [1.165, 1.54) is 9.13 Å². The molecular weight excluding hydrogens is 378 g/mol. The standard InChI is InChI=1S/C20H20ClN5O2/c1-6-11(2)24-18(27)16-17(23(5)20(24)28)22-19-25(12(3)13(4)26(16)19)15-9-7-14(21)8-10-15/h6-11H,1H2,2-5H3/t11-/m1/s1. The molecule has 0 spiro atoms. The fourth-order valence-electron chi connectivity index (χ4n) is 3.58. The van der Waals surface area contributed by atoms with E-state index in [9.17, 15) is 9.59 Å². The van der Waals surface area contributed by atoms with Crippen LogP contribution in [0.1, 0.15) is 24.4 Å². The number of aryl methyl sites for hydroxylation is 2. The smallest absolute Gasteiger partial charge is 0.283 e. The molecule has 0 unspecified atom stereocenters. The summed E-state index contributed by atoms with van der Waals surface area (Å²) in [7, 11) is 1.62. The van der Waals surface area contributed by atoms with E-state index in [1.54, 1.807) is 32.2 Å². The maximum Gasteiger partial charge on any atom is 0.333 e. The Labute approximate surface area is 165 Å². The molecule has 7 nitrogen and oxygen atoms in total. The average Bonchev–Trinajstić information content (AvgIpc) is 3.17. The zero-order chi connectivity index (χ0) is 20.3. The highest BCUT2D eigenvalue weighted by Crippen LogP contribution is 2.25. The Morgan fingerprint density at radius 3 is 2.39 bits per heavy atom. The third-order valence-corrected chi connectivity index (χ3v) is 5.55. The summed E-state index contributed by atoms with van der Waals surface area (Å²) in [4.78, 5) is 30.7. The van der Waals surface area contributed by atoms with E-state index in [0.29, 0.717) is 22.0 Å². The Hall–Kier alpha value is -3.06. The Balaban J connectivity index is 2.21. The highest BCUT2D eigenvalue weighted by Gasteiger charge is 2.24. The van der Waals surface area contributed by atoms with Gasteiger partial charge >= 0.3 is 5.69 Å². The summed E-state index contributed by atoms with van der Waals surface area (Å²) in [5.74, 6) is 0.573. The second-order valence-electron chi connectivity index (χ2n) is 6.90. The topological polar surface area (TPSA) is 66.2 Å². The second-order valence-corrected chi connectivity index (χ2v) is 7.33. The van der Waals surface area contributed by atoms with Crippen molar-refractivity contribution in [2.24, 2.45) is 7.05 Å². The number of hydrogen-bond acceptors (Lipinski definition) is 3. The molecule has 0 saturated heterocycles. The van der Waals surface area contributed by atoms with Gasteiger partial charge in [0.2, 0.25) is 5.78 Å². The van der Waals surface area contributed by atoms with E-state index in [4.69, 9.17) is 11.6 Å². The largest absolute Gasteiger partial charge is 0.333 e. The molecule has 28 heavy (non-hydrogen) atoms. The number of fused-ring (bicyclic) bond motifs is 3. The predicted octanol–water partition coefficient (Wildman–Crippen LogP) is 3.16. The van der Waals surface area contributed by atoms with Crippen LogP contribution in [-0.4, -0.2) is 23.1 Å². The van der Waals surface area contributed by atoms with Crippen molar-refractivity contribution in [1.82, 2.24) is 23.1 Å². The van der Waals surface area contributed by atoms with Gasteiger partial charge in [-0.15, -0.1) is 6.58 Å². The van der Waals surface area contributed by atoms with Crippen LogP contribution in [0.25, 0.3) is 22.6 Å². The number of benzene rings is 1. The summed E-state index contributed by atoms with van der Waals surface area (Å²) in [5, 5.41) is 0.638. The molecule has 3 aromatic heterocycles. The molecule has 4 rings (SSSR count). The SMILES string of the molecule is C=C[C@@H](C)n1c(=O)c2c(nc3n(-c4ccc(Cl)cc4)c(C)c(C)n23)n(C)c1=O. The zero-order valence-corrected chi connectivity index (χ0v) is 16.9. The minimum absolute atomic E-state index is 0.350. The van der Waals surface area contributed by atoms with E-state index in [0.717, 1.165) is 17.1 Å². The van der Waals surface area contributed by atoms with Crippen molar-refractivity contribution in [1.29, 1.82) is 0 Å². The first-order valence-electron chi connectivity index (χ1n) is 8.88. The lowest BCUT2D eigenvalue weighted by atomic mass is 10.3. The average molecular weight is 398 g/mol. The van der Waals surface area contributed by atoms with Crippen LogP contribution in [0.4, 0.5) is 0 Å². The van der Waals surface area contributed by atoms with E-state index < -0.39 is 11.7 Å². The summed E-state index contributed by atoms with van der Waals surface area (Å²) in [5.41, 5.74) is 2.62. The van der Waals surface area contributed by atoms with Crippen LogP contribution in [0.2, 0.25) is 5.02 Å². The number of imidazole rings is 2. The van der Waals surface area contributed by atoms with Crippen molar-refractivity contribution in [3.63, 3.8) is 0 Å². The van der Waals surface area contributed by atoms with Gasteiger partial charge in [-0.3, -0.25) is 22.9 Å². The molecule has 144 valence electrons. The van der Waals surface area contributed by atoms with Gasteiger partial charge < -0.3 is 0 Å². The molecular formula is C20H20ClN5O2. The summed E-state index contributed by atoms with van der Waals surface area (Å²) in [6, 6.07) is 6.97. The minimum Gasteiger partial charge on any atom is -0.283 e. The minimum atomic E-state index is -0.430. The third kappa shape index (κ3) is 2.32. The van der Waals surface area contributed by atoms with E-state index in [-0.39, 0.29) is 5.56 Å². The number of halogens is 1. The zero-order valence-electron chi connectivity index (χ0n) is 16.1. The van der Waals surface area contributed by atoms with E-state index >= 15 is 0 Å². The normalized spacial score (nSPS) is 12.8. The molecule has 1 atom stereocenters. The first kappa shape index (κ1) is 18.3. The van der Waals surface area contributed by atoms with Gasteiger partial charge in [-0.25, -0.2) is 4.79 Å². The van der Waals surface area contributed by atoms with Crippen LogP contribution in [0.15, 0.2) is 46.5 Å². The Morgan fingerprint density at radius 1 is 1.14 bits per heavy atom. The second kappa shape index (κ2) is 6.24. The lowest BCUT2D eigenvalue weighted by Gasteiger charge is -2.11. The Bertz CT molecular complexity index is 1370. The third-order valence-electron chi connectivity index (χ3n) is 5.30. The first-order valence-corrected chi connectivity index (χ1v) is 9.25. The molecule has 0 N–H and O–H groups in total. The van der Waals surface area contributed by atoms with E-state index in [1.807, 2.05) is 34.9 Å². The molecule has 8 heteroatoms. The number of rotatable bonds is 3. The molecule has 0 saturated carbocycles. The molecule has 1 aromatic carbocycles. The van der Waals surface area contributed by atoms with Crippen molar-refractivity contribution in [2.45, 2.75) is 26.8 Å². The maximum atomic E-state index is 13.2. The fourth-order valence-corrected chi connectivity index (χ4v) is 3.71. The van der Waals surface area contributed by atoms with Crippen molar-refractivity contribution in [3.8, 4) is 5.69 Å². The van der Waals surface area contributed by atoms with Crippen LogP contribution in [0, 0.1) is 13.8 Å². The highest BCUT2D eigenvalue weighted by molar-refractivity contribution is 6.30. The maximum absolute atomic E-state index is 13.2. The summed E-state index contributed by atoms with van der Waals surface area (Å²) >= 11 is 6.03. The number of aromatic nitrogens is 5. The monoisotopic (exact) mass is 397 g/mol. The molecule has 0 bridgehead atoms. The molecule has 0 radical (unpaired) electrons. The van der Waals surface area contributed by atoms with Crippen molar-refractivity contribution in [3.05, 3.63) is 74.2 Å². The van der Waals surface area contributed by atoms with Gasteiger partial charge in [-0.1, -0.05) is 17.7 Å². The molecule has 0 fully saturated rings. The molecule has 4 aromatic rings. The van der Waals surface area contributed by atoms with Crippen LogP contribution < -0.4 is 11.2 Å². The summed E-state index contributed by atoms with van der Waals surface area (Å²) in [6.07, 6.45) is 1.57. The molecule has 3 heterocycles. The Morgan fingerprint density at radius 2 is 1.79 bits per heavy atom. The van der Waals surface area contributed by atoms with Crippen LogP contribution in [0.5, 0.6) is 0 Å². The van der Waals surface area contributed by atoms with Gasteiger partial charge in [0.15, 0.2) is 11.2 Å². The fraction of sp³-hybridized carbons (Fsp3) is 0.250. The molecule has 0 aliphatic rings. The summed E-state index contributed by atoms with van der Waals surface area (Å²) < 4.78 is 6.38. The van der Waals surface area contributed by atoms with Crippen molar-refractivity contribution in [2.75, 3.05) is 0 Å². The lowest BCUT2D eigenvalue weighted by molar-refractivity contribution is 0.574. The number of nitrogens with zero attached hydrogens (tertiary/aromatic N) is 5. The molecule has 0 aliphatic carbocycles. The van der Waals surface area contributed by atoms with Gasteiger partial charge in [0.05, 0.1) is 6.04 Å². The molecule has 0 amide bonds. The van der Waals surface area contributed by atoms with Crippen LogP contribution in [0.3, 0.4) is 0 Å². The number of allylic oxidation sites excluding steroid dienone is 1. The number of hydrogen-bond donors (Lipinski definition) is 0. The molecule has 0 aliphatic heterocycles. The Kier molecular flexibility index (Phi) is 4.08. The van der Waals surface area contributed by atoms with Crippen molar-refractivity contribution < 1.29 is 0 Å².